The molecular weight excluding hydrogens is 266 g/mol. The van der Waals surface area contributed by atoms with Crippen LogP contribution in [0.15, 0.2) is 29.6 Å². The van der Waals surface area contributed by atoms with Crippen molar-refractivity contribution in [2.45, 2.75) is 0 Å². The van der Waals surface area contributed by atoms with Crippen molar-refractivity contribution in [3.8, 4) is 17.0 Å². The molecule has 1 aromatic carbocycles. The van der Waals surface area contributed by atoms with Gasteiger partial charge < -0.3 is 15.1 Å². The highest BCUT2D eigenvalue weighted by Crippen LogP contribution is 2.34. The molecule has 3 rings (SSSR count). The lowest BCUT2D eigenvalue weighted by molar-refractivity contribution is -0.384. The number of aromatic amines is 2. The first-order valence-corrected chi connectivity index (χ1v) is 5.46. The first-order valence-electron chi connectivity index (χ1n) is 5.46. The minimum Gasteiger partial charge on any atom is -0.493 e. The van der Waals surface area contributed by atoms with Gasteiger partial charge in [-0.2, -0.15) is 0 Å². The minimum absolute atomic E-state index is 0.0403. The Kier molecular flexibility index (Phi) is 2.46. The number of benzene rings is 1. The first kappa shape index (κ1) is 11.8. The van der Waals surface area contributed by atoms with Crippen LogP contribution in [0.3, 0.4) is 0 Å². The van der Waals surface area contributed by atoms with E-state index in [-0.39, 0.29) is 16.8 Å². The molecule has 0 aliphatic carbocycles. The van der Waals surface area contributed by atoms with Crippen LogP contribution in [0, 0.1) is 10.1 Å². The highest BCUT2D eigenvalue weighted by atomic mass is 16.6. The van der Waals surface area contributed by atoms with Gasteiger partial charge in [0.25, 0.3) is 11.2 Å². The van der Waals surface area contributed by atoms with E-state index in [0.717, 1.165) is 6.33 Å². The van der Waals surface area contributed by atoms with Gasteiger partial charge in [-0.3, -0.25) is 14.9 Å². The molecule has 0 radical (unpaired) electrons. The van der Waals surface area contributed by atoms with Crippen LogP contribution in [0.25, 0.3) is 22.2 Å². The number of imidazole rings is 1. The van der Waals surface area contributed by atoms with E-state index in [9.17, 15) is 20.0 Å². The van der Waals surface area contributed by atoms with Gasteiger partial charge >= 0.3 is 0 Å². The highest BCUT2D eigenvalue weighted by molar-refractivity contribution is 5.88. The van der Waals surface area contributed by atoms with E-state index in [1.165, 1.54) is 18.5 Å². The third kappa shape index (κ3) is 1.68. The number of nitro benzene ring substituents is 1. The Hall–Kier alpha value is -3.23. The van der Waals surface area contributed by atoms with Crippen molar-refractivity contribution >= 4 is 16.7 Å². The Morgan fingerprint density at radius 2 is 1.95 bits per heavy atom. The zero-order valence-electron chi connectivity index (χ0n) is 9.82. The van der Waals surface area contributed by atoms with Crippen LogP contribution < -0.4 is 5.56 Å². The third-order valence-electron chi connectivity index (χ3n) is 2.84. The number of hydrogen-bond donors (Lipinski definition) is 3. The van der Waals surface area contributed by atoms with Crippen LogP contribution in [-0.2, 0) is 0 Å². The molecule has 3 aromatic rings. The molecule has 0 saturated carbocycles. The largest absolute Gasteiger partial charge is 0.493 e. The molecule has 0 fully saturated rings. The standard InChI is InChI=1S/C11H7N5O4/c17-10-9(11(18)15-4-14-10)5-1-6-7(13-3-12-6)2-8(5)16(19)20/h1-4H,(H,12,13)(H2,14,15,17,18). The molecule has 0 amide bonds. The number of aromatic nitrogens is 4. The Morgan fingerprint density at radius 1 is 1.20 bits per heavy atom. The Morgan fingerprint density at radius 3 is 2.65 bits per heavy atom. The second kappa shape index (κ2) is 4.16. The van der Waals surface area contributed by atoms with Crippen LogP contribution in [0.1, 0.15) is 0 Å². The van der Waals surface area contributed by atoms with Crippen LogP contribution in [0.4, 0.5) is 5.69 Å². The van der Waals surface area contributed by atoms with Crippen LogP contribution >= 0.6 is 0 Å². The monoisotopic (exact) mass is 273 g/mol. The van der Waals surface area contributed by atoms with E-state index in [1.807, 2.05) is 0 Å². The Labute approximate surface area is 110 Å². The molecule has 0 spiro atoms. The van der Waals surface area contributed by atoms with Gasteiger partial charge in [0.15, 0.2) is 0 Å². The molecule has 0 unspecified atom stereocenters. The van der Waals surface area contributed by atoms with Crippen molar-refractivity contribution < 1.29 is 10.0 Å². The summed E-state index contributed by atoms with van der Waals surface area (Å²) >= 11 is 0. The summed E-state index contributed by atoms with van der Waals surface area (Å²) in [7, 11) is 0. The smallest absolute Gasteiger partial charge is 0.279 e. The average Bonchev–Trinajstić information content (AvgIpc) is 2.84. The number of fused-ring (bicyclic) bond motifs is 1. The number of nitro groups is 1. The van der Waals surface area contributed by atoms with E-state index in [2.05, 4.69) is 19.9 Å². The van der Waals surface area contributed by atoms with E-state index in [1.54, 1.807) is 0 Å². The SMILES string of the molecule is O=c1[nH]cnc(O)c1-c1cc2nc[nH]c2cc1[N+](=O)[O-]. The van der Waals surface area contributed by atoms with Crippen molar-refractivity contribution in [3.05, 3.63) is 45.3 Å². The summed E-state index contributed by atoms with van der Waals surface area (Å²) in [6.07, 6.45) is 2.39. The fourth-order valence-corrected chi connectivity index (χ4v) is 1.95. The normalized spacial score (nSPS) is 10.8. The van der Waals surface area contributed by atoms with Crippen molar-refractivity contribution in [1.82, 2.24) is 19.9 Å². The summed E-state index contributed by atoms with van der Waals surface area (Å²) in [5.74, 6) is -0.577. The predicted molar refractivity (Wildman–Crippen MR) is 68.3 cm³/mol. The maximum absolute atomic E-state index is 11.8. The molecule has 9 nitrogen and oxygen atoms in total. The number of aromatic hydroxyl groups is 1. The maximum Gasteiger partial charge on any atom is 0.279 e. The second-order valence-electron chi connectivity index (χ2n) is 3.98. The molecule has 2 heterocycles. The zero-order chi connectivity index (χ0) is 14.3. The lowest BCUT2D eigenvalue weighted by Crippen LogP contribution is -2.10. The fraction of sp³-hybridized carbons (Fsp3) is 0. The van der Waals surface area contributed by atoms with Crippen molar-refractivity contribution in [3.63, 3.8) is 0 Å². The van der Waals surface area contributed by atoms with E-state index >= 15 is 0 Å². The van der Waals surface area contributed by atoms with Gasteiger partial charge in [0, 0.05) is 6.07 Å². The lowest BCUT2D eigenvalue weighted by atomic mass is 10.1. The van der Waals surface area contributed by atoms with Gasteiger partial charge in [0.2, 0.25) is 5.88 Å². The van der Waals surface area contributed by atoms with Gasteiger partial charge in [-0.1, -0.05) is 0 Å². The molecule has 20 heavy (non-hydrogen) atoms. The topological polar surface area (TPSA) is 138 Å². The second-order valence-corrected chi connectivity index (χ2v) is 3.98. The summed E-state index contributed by atoms with van der Waals surface area (Å²) in [6, 6.07) is 2.61. The van der Waals surface area contributed by atoms with Gasteiger partial charge in [-0.25, -0.2) is 9.97 Å². The lowest BCUT2D eigenvalue weighted by Gasteiger charge is -2.04. The molecule has 0 atom stereocenters. The number of rotatable bonds is 2. The Balaban J connectivity index is 2.42. The predicted octanol–water partition coefficient (Wildman–Crippen LogP) is 0.927. The number of nitrogens with zero attached hydrogens (tertiary/aromatic N) is 3. The molecule has 0 saturated heterocycles. The number of H-pyrrole nitrogens is 2. The van der Waals surface area contributed by atoms with Crippen molar-refractivity contribution in [2.75, 3.05) is 0 Å². The summed E-state index contributed by atoms with van der Waals surface area (Å²) in [5, 5.41) is 20.8. The van der Waals surface area contributed by atoms with Gasteiger partial charge in [0.05, 0.1) is 34.2 Å². The molecule has 2 aromatic heterocycles. The highest BCUT2D eigenvalue weighted by Gasteiger charge is 2.23. The summed E-state index contributed by atoms with van der Waals surface area (Å²) in [6.45, 7) is 0. The molecule has 3 N–H and O–H groups in total. The van der Waals surface area contributed by atoms with Crippen molar-refractivity contribution in [2.24, 2.45) is 0 Å². The summed E-state index contributed by atoms with van der Waals surface area (Å²) in [4.78, 5) is 34.8. The van der Waals surface area contributed by atoms with Crippen LogP contribution in [-0.4, -0.2) is 30.0 Å². The van der Waals surface area contributed by atoms with Gasteiger partial charge in [-0.05, 0) is 6.07 Å². The Bertz CT molecular complexity index is 882. The minimum atomic E-state index is -0.671. The van der Waals surface area contributed by atoms with Gasteiger partial charge in [-0.15, -0.1) is 0 Å². The van der Waals surface area contributed by atoms with Crippen LogP contribution in [0.2, 0.25) is 0 Å². The van der Waals surface area contributed by atoms with E-state index < -0.39 is 16.4 Å². The molecule has 0 aliphatic heterocycles. The number of hydrogen-bond acceptors (Lipinski definition) is 6. The molecule has 100 valence electrons. The van der Waals surface area contributed by atoms with E-state index in [4.69, 9.17) is 0 Å². The molecule has 0 bridgehead atoms. The van der Waals surface area contributed by atoms with Crippen LogP contribution in [0.5, 0.6) is 5.88 Å². The first-order chi connectivity index (χ1) is 9.58. The third-order valence-corrected chi connectivity index (χ3v) is 2.84. The fourth-order valence-electron chi connectivity index (χ4n) is 1.95. The number of nitrogens with one attached hydrogen (secondary N) is 2. The average molecular weight is 273 g/mol. The molecule has 9 heteroatoms. The summed E-state index contributed by atoms with van der Waals surface area (Å²) < 4.78 is 0. The zero-order valence-corrected chi connectivity index (χ0v) is 9.82. The van der Waals surface area contributed by atoms with Gasteiger partial charge in [0.1, 0.15) is 5.56 Å². The quantitative estimate of drug-likeness (QED) is 0.469. The molecule has 0 aliphatic rings. The van der Waals surface area contributed by atoms with Crippen molar-refractivity contribution in [1.29, 1.82) is 0 Å². The molecular formula is C11H7N5O4. The van der Waals surface area contributed by atoms with E-state index in [0.29, 0.717) is 11.0 Å². The summed E-state index contributed by atoms with van der Waals surface area (Å²) in [5.41, 5.74) is -0.398. The maximum atomic E-state index is 11.8.